The van der Waals surface area contributed by atoms with Gasteiger partial charge in [0.05, 0.1) is 17.1 Å². The SMILES string of the molecule is Cc1nc2ccccc2n1[C@@H]1C[C@H]2CC[C@@H](C1)N2CC[C@H](NC(=O)C1CCC1)c1ccccc1. The fourth-order valence-electron chi connectivity index (χ4n) is 6.69. The van der Waals surface area contributed by atoms with Gasteiger partial charge in [-0.3, -0.25) is 9.69 Å². The third-order valence-corrected chi connectivity index (χ3v) is 8.67. The third-order valence-electron chi connectivity index (χ3n) is 8.67. The number of aromatic nitrogens is 2. The van der Waals surface area contributed by atoms with Gasteiger partial charge in [0.25, 0.3) is 0 Å². The first kappa shape index (κ1) is 21.8. The number of carbonyl (C=O) groups is 1. The van der Waals surface area contributed by atoms with Crippen LogP contribution in [0.15, 0.2) is 54.6 Å². The maximum atomic E-state index is 12.8. The monoisotopic (exact) mass is 456 g/mol. The molecule has 4 atom stereocenters. The average molecular weight is 457 g/mol. The number of para-hydroxylation sites is 2. The number of hydrogen-bond donors (Lipinski definition) is 1. The number of piperidine rings is 1. The van der Waals surface area contributed by atoms with E-state index in [-0.39, 0.29) is 17.9 Å². The molecule has 34 heavy (non-hydrogen) atoms. The van der Waals surface area contributed by atoms with Crippen LogP contribution in [0, 0.1) is 12.8 Å². The van der Waals surface area contributed by atoms with Gasteiger partial charge in [0.15, 0.2) is 0 Å². The summed E-state index contributed by atoms with van der Waals surface area (Å²) in [5, 5.41) is 3.41. The summed E-state index contributed by atoms with van der Waals surface area (Å²) in [7, 11) is 0. The van der Waals surface area contributed by atoms with Crippen molar-refractivity contribution < 1.29 is 4.79 Å². The fourth-order valence-corrected chi connectivity index (χ4v) is 6.69. The predicted molar refractivity (Wildman–Crippen MR) is 136 cm³/mol. The summed E-state index contributed by atoms with van der Waals surface area (Å²) in [6.07, 6.45) is 9.24. The van der Waals surface area contributed by atoms with Gasteiger partial charge in [-0.2, -0.15) is 0 Å². The Morgan fingerprint density at radius 2 is 1.68 bits per heavy atom. The Labute approximate surface area is 202 Å². The second-order valence-corrected chi connectivity index (χ2v) is 10.7. The molecule has 1 aliphatic carbocycles. The Morgan fingerprint density at radius 1 is 0.971 bits per heavy atom. The maximum absolute atomic E-state index is 12.8. The van der Waals surface area contributed by atoms with Gasteiger partial charge < -0.3 is 9.88 Å². The molecule has 2 saturated heterocycles. The van der Waals surface area contributed by atoms with Crippen LogP contribution in [0.1, 0.15) is 74.8 Å². The van der Waals surface area contributed by atoms with E-state index in [9.17, 15) is 4.79 Å². The lowest BCUT2D eigenvalue weighted by molar-refractivity contribution is -0.128. The van der Waals surface area contributed by atoms with Crippen LogP contribution in [-0.2, 0) is 4.79 Å². The largest absolute Gasteiger partial charge is 0.349 e. The zero-order chi connectivity index (χ0) is 23.1. The summed E-state index contributed by atoms with van der Waals surface area (Å²) in [6.45, 7) is 3.21. The zero-order valence-electron chi connectivity index (χ0n) is 20.2. The van der Waals surface area contributed by atoms with Crippen molar-refractivity contribution in [3.8, 4) is 0 Å². The molecule has 1 aromatic heterocycles. The molecule has 3 aliphatic rings. The number of nitrogens with zero attached hydrogens (tertiary/aromatic N) is 3. The van der Waals surface area contributed by atoms with Crippen LogP contribution >= 0.6 is 0 Å². The second-order valence-electron chi connectivity index (χ2n) is 10.7. The van der Waals surface area contributed by atoms with Crippen LogP contribution in [0.25, 0.3) is 11.0 Å². The van der Waals surface area contributed by atoms with Crippen LogP contribution in [-0.4, -0.2) is 39.0 Å². The number of hydrogen-bond acceptors (Lipinski definition) is 3. The minimum Gasteiger partial charge on any atom is -0.349 e. The van der Waals surface area contributed by atoms with Crippen molar-refractivity contribution in [3.05, 3.63) is 66.0 Å². The Bertz CT molecular complexity index is 1140. The molecule has 3 heterocycles. The van der Waals surface area contributed by atoms with E-state index in [0.29, 0.717) is 18.1 Å². The maximum Gasteiger partial charge on any atom is 0.223 e. The van der Waals surface area contributed by atoms with Crippen LogP contribution in [0.3, 0.4) is 0 Å². The van der Waals surface area contributed by atoms with Gasteiger partial charge in [-0.25, -0.2) is 4.98 Å². The summed E-state index contributed by atoms with van der Waals surface area (Å²) in [4.78, 5) is 20.4. The Morgan fingerprint density at radius 3 is 2.38 bits per heavy atom. The topological polar surface area (TPSA) is 50.2 Å². The highest BCUT2D eigenvalue weighted by Gasteiger charge is 2.42. The fraction of sp³-hybridized carbons (Fsp3) is 0.517. The number of fused-ring (bicyclic) bond motifs is 3. The van der Waals surface area contributed by atoms with Crippen molar-refractivity contribution >= 4 is 16.9 Å². The van der Waals surface area contributed by atoms with E-state index in [1.54, 1.807) is 0 Å². The number of carbonyl (C=O) groups excluding carboxylic acids is 1. The van der Waals surface area contributed by atoms with Gasteiger partial charge in [0, 0.05) is 30.6 Å². The van der Waals surface area contributed by atoms with Gasteiger partial charge in [-0.05, 0) is 69.6 Å². The van der Waals surface area contributed by atoms with Gasteiger partial charge in [0.1, 0.15) is 5.82 Å². The quantitative estimate of drug-likeness (QED) is 0.506. The summed E-state index contributed by atoms with van der Waals surface area (Å²) in [5.74, 6) is 1.62. The molecule has 0 radical (unpaired) electrons. The normalized spacial score (nSPS) is 25.9. The molecular weight excluding hydrogens is 420 g/mol. The molecule has 3 aromatic rings. The van der Waals surface area contributed by atoms with Crippen molar-refractivity contribution in [3.63, 3.8) is 0 Å². The van der Waals surface area contributed by atoms with Gasteiger partial charge in [0.2, 0.25) is 5.91 Å². The molecule has 0 unspecified atom stereocenters. The van der Waals surface area contributed by atoms with Crippen molar-refractivity contribution in [2.45, 2.75) is 82.5 Å². The zero-order valence-corrected chi connectivity index (χ0v) is 20.2. The summed E-state index contributed by atoms with van der Waals surface area (Å²) in [5.41, 5.74) is 3.63. The molecule has 2 bridgehead atoms. The minimum atomic E-state index is 0.103. The molecule has 178 valence electrons. The molecule has 6 rings (SSSR count). The highest BCUT2D eigenvalue weighted by atomic mass is 16.2. The number of benzene rings is 2. The van der Waals surface area contributed by atoms with E-state index in [1.807, 2.05) is 0 Å². The number of nitrogens with one attached hydrogen (secondary N) is 1. The lowest BCUT2D eigenvalue weighted by atomic mass is 9.84. The minimum absolute atomic E-state index is 0.103. The van der Waals surface area contributed by atoms with Crippen molar-refractivity contribution in [2.24, 2.45) is 5.92 Å². The summed E-state index contributed by atoms with van der Waals surface area (Å²) >= 11 is 0. The first-order valence-corrected chi connectivity index (χ1v) is 13.2. The Balaban J connectivity index is 1.15. The standard InChI is InChI=1S/C29H36N4O/c1-20-30-27-12-5-6-13-28(27)33(20)25-18-23-14-15-24(19-25)32(23)17-16-26(21-8-3-2-4-9-21)31-29(34)22-10-7-11-22/h2-6,8-9,12-13,22-26H,7,10-11,14-19H2,1H3,(H,31,34)/t23-,24+,25-,26-/m0/s1. The summed E-state index contributed by atoms with van der Waals surface area (Å²) < 4.78 is 2.50. The molecule has 1 amide bonds. The first-order chi connectivity index (χ1) is 16.7. The number of aryl methyl sites for hydroxylation is 1. The Hall–Kier alpha value is -2.66. The van der Waals surface area contributed by atoms with E-state index in [2.05, 4.69) is 76.3 Å². The van der Waals surface area contributed by atoms with Crippen LogP contribution in [0.4, 0.5) is 0 Å². The van der Waals surface area contributed by atoms with E-state index in [1.165, 1.54) is 43.2 Å². The van der Waals surface area contributed by atoms with Crippen molar-refractivity contribution in [2.75, 3.05) is 6.54 Å². The highest BCUT2D eigenvalue weighted by molar-refractivity contribution is 5.79. The number of rotatable bonds is 7. The summed E-state index contributed by atoms with van der Waals surface area (Å²) in [6, 6.07) is 21.0. The smallest absolute Gasteiger partial charge is 0.223 e. The molecule has 5 nitrogen and oxygen atoms in total. The second kappa shape index (κ2) is 9.18. The van der Waals surface area contributed by atoms with E-state index >= 15 is 0 Å². The van der Waals surface area contributed by atoms with E-state index in [4.69, 9.17) is 4.98 Å². The molecule has 0 spiro atoms. The van der Waals surface area contributed by atoms with Gasteiger partial charge >= 0.3 is 0 Å². The first-order valence-electron chi connectivity index (χ1n) is 13.2. The highest BCUT2D eigenvalue weighted by Crippen LogP contribution is 2.42. The van der Waals surface area contributed by atoms with E-state index in [0.717, 1.165) is 37.1 Å². The molecule has 3 fully saturated rings. The van der Waals surface area contributed by atoms with Crippen molar-refractivity contribution in [1.29, 1.82) is 0 Å². The lowest BCUT2D eigenvalue weighted by Gasteiger charge is -2.40. The molecule has 5 heteroatoms. The predicted octanol–water partition coefficient (Wildman–Crippen LogP) is 5.56. The van der Waals surface area contributed by atoms with Crippen LogP contribution < -0.4 is 5.32 Å². The van der Waals surface area contributed by atoms with Gasteiger partial charge in [-0.1, -0.05) is 48.9 Å². The number of amides is 1. The van der Waals surface area contributed by atoms with Crippen LogP contribution in [0.2, 0.25) is 0 Å². The number of imidazole rings is 1. The van der Waals surface area contributed by atoms with Crippen LogP contribution in [0.5, 0.6) is 0 Å². The average Bonchev–Trinajstić information content (AvgIpc) is 3.26. The van der Waals surface area contributed by atoms with Crippen molar-refractivity contribution in [1.82, 2.24) is 19.8 Å². The molecule has 2 aliphatic heterocycles. The van der Waals surface area contributed by atoms with E-state index < -0.39 is 0 Å². The molecular formula is C29H36N4O. The lowest BCUT2D eigenvalue weighted by Crippen LogP contribution is -2.45. The molecule has 2 aromatic carbocycles. The molecule has 1 N–H and O–H groups in total. The van der Waals surface area contributed by atoms with Gasteiger partial charge in [-0.15, -0.1) is 0 Å². The third kappa shape index (κ3) is 4.04. The Kier molecular flexibility index (Phi) is 5.90. The molecule has 1 saturated carbocycles.